The van der Waals surface area contributed by atoms with Gasteiger partial charge in [-0.15, -0.1) is 0 Å². The smallest absolute Gasteiger partial charge is 0.123 e. The van der Waals surface area contributed by atoms with Crippen molar-refractivity contribution < 1.29 is 4.39 Å². The highest BCUT2D eigenvalue weighted by Crippen LogP contribution is 2.27. The summed E-state index contributed by atoms with van der Waals surface area (Å²) in [6.45, 7) is 5.51. The fourth-order valence-electron chi connectivity index (χ4n) is 3.14. The molecule has 22 heavy (non-hydrogen) atoms. The van der Waals surface area contributed by atoms with E-state index in [1.165, 1.54) is 38.1 Å². The Morgan fingerprint density at radius 3 is 2.41 bits per heavy atom. The Kier molecular flexibility index (Phi) is 3.68. The number of halogens is 1. The Bertz CT molecular complexity index is 624. The van der Waals surface area contributed by atoms with Gasteiger partial charge >= 0.3 is 0 Å². The lowest BCUT2D eigenvalue weighted by molar-refractivity contribution is 0.120. The molecule has 1 aliphatic carbocycles. The molecule has 0 unspecified atom stereocenters. The Labute approximate surface area is 130 Å². The van der Waals surface area contributed by atoms with Gasteiger partial charge in [0, 0.05) is 45.0 Å². The molecule has 5 heteroatoms. The van der Waals surface area contributed by atoms with Crippen molar-refractivity contribution in [2.45, 2.75) is 25.4 Å². The van der Waals surface area contributed by atoms with E-state index in [4.69, 9.17) is 0 Å². The van der Waals surface area contributed by atoms with Gasteiger partial charge in [0.05, 0.1) is 11.4 Å². The summed E-state index contributed by atoms with van der Waals surface area (Å²) in [7, 11) is 0. The Morgan fingerprint density at radius 2 is 1.73 bits per heavy atom. The SMILES string of the molecule is Fc1ccc(-n2ccc(CN3CCN(C4CC4)CC3)n2)cc1. The second-order valence-electron chi connectivity index (χ2n) is 6.27. The lowest BCUT2D eigenvalue weighted by Crippen LogP contribution is -2.46. The number of piperazine rings is 1. The number of aromatic nitrogens is 2. The average Bonchev–Trinajstić information content (AvgIpc) is 3.29. The standard InChI is InChI=1S/C17H21FN4/c18-14-1-3-17(4-2-14)22-8-7-15(19-22)13-20-9-11-21(12-10-20)16-5-6-16/h1-4,7-8,16H,5-6,9-13H2. The van der Waals surface area contributed by atoms with E-state index >= 15 is 0 Å². The van der Waals surface area contributed by atoms with Gasteiger partial charge in [-0.25, -0.2) is 9.07 Å². The van der Waals surface area contributed by atoms with E-state index in [2.05, 4.69) is 21.0 Å². The molecule has 116 valence electrons. The summed E-state index contributed by atoms with van der Waals surface area (Å²) in [6.07, 6.45) is 4.73. The molecule has 4 nitrogen and oxygen atoms in total. The van der Waals surface area contributed by atoms with Crippen LogP contribution in [0.15, 0.2) is 36.5 Å². The fraction of sp³-hybridized carbons (Fsp3) is 0.471. The third-order valence-corrected chi connectivity index (χ3v) is 4.59. The molecular weight excluding hydrogens is 279 g/mol. The first-order chi connectivity index (χ1) is 10.8. The van der Waals surface area contributed by atoms with Crippen LogP contribution in [-0.2, 0) is 6.54 Å². The summed E-state index contributed by atoms with van der Waals surface area (Å²) in [5, 5.41) is 4.61. The predicted molar refractivity (Wildman–Crippen MR) is 83.4 cm³/mol. The van der Waals surface area contributed by atoms with Gasteiger partial charge < -0.3 is 0 Å². The van der Waals surface area contributed by atoms with E-state index in [0.29, 0.717) is 0 Å². The summed E-state index contributed by atoms with van der Waals surface area (Å²) < 4.78 is 14.8. The molecule has 1 aliphatic heterocycles. The number of hydrogen-bond donors (Lipinski definition) is 0. The molecule has 2 aliphatic rings. The molecule has 1 aromatic heterocycles. The minimum absolute atomic E-state index is 0.218. The normalized spacial score (nSPS) is 20.4. The van der Waals surface area contributed by atoms with Crippen molar-refractivity contribution >= 4 is 0 Å². The van der Waals surface area contributed by atoms with Crippen LogP contribution < -0.4 is 0 Å². The third-order valence-electron chi connectivity index (χ3n) is 4.59. The van der Waals surface area contributed by atoms with Crippen LogP contribution in [0.2, 0.25) is 0 Å². The second kappa shape index (κ2) is 5.82. The molecule has 0 bridgehead atoms. The first-order valence-electron chi connectivity index (χ1n) is 8.05. The first-order valence-corrected chi connectivity index (χ1v) is 8.05. The zero-order valence-corrected chi connectivity index (χ0v) is 12.7. The quantitative estimate of drug-likeness (QED) is 0.866. The lowest BCUT2D eigenvalue weighted by Gasteiger charge is -2.34. The fourth-order valence-corrected chi connectivity index (χ4v) is 3.14. The number of hydrogen-bond acceptors (Lipinski definition) is 3. The van der Waals surface area contributed by atoms with Crippen molar-refractivity contribution in [1.29, 1.82) is 0 Å². The first kappa shape index (κ1) is 13.9. The van der Waals surface area contributed by atoms with Gasteiger partial charge in [-0.1, -0.05) is 0 Å². The molecule has 2 aromatic rings. The van der Waals surface area contributed by atoms with Gasteiger partial charge in [0.15, 0.2) is 0 Å². The zero-order chi connectivity index (χ0) is 14.9. The molecular formula is C17H21FN4. The van der Waals surface area contributed by atoms with Crippen LogP contribution >= 0.6 is 0 Å². The molecule has 0 amide bonds. The van der Waals surface area contributed by atoms with Gasteiger partial charge in [-0.2, -0.15) is 5.10 Å². The van der Waals surface area contributed by atoms with Crippen LogP contribution in [0.1, 0.15) is 18.5 Å². The highest BCUT2D eigenvalue weighted by molar-refractivity contribution is 5.31. The van der Waals surface area contributed by atoms with Crippen molar-refractivity contribution in [2.24, 2.45) is 0 Å². The molecule has 0 atom stereocenters. The average molecular weight is 300 g/mol. The minimum Gasteiger partial charge on any atom is -0.298 e. The number of nitrogens with zero attached hydrogens (tertiary/aromatic N) is 4. The van der Waals surface area contributed by atoms with Crippen LogP contribution in [0.25, 0.3) is 5.69 Å². The molecule has 1 saturated heterocycles. The summed E-state index contributed by atoms with van der Waals surface area (Å²) in [6, 6.07) is 9.36. The molecule has 0 spiro atoms. The predicted octanol–water partition coefficient (Wildman–Crippen LogP) is 2.29. The summed E-state index contributed by atoms with van der Waals surface area (Å²) >= 11 is 0. The summed E-state index contributed by atoms with van der Waals surface area (Å²) in [5.74, 6) is -0.218. The number of benzene rings is 1. The Balaban J connectivity index is 1.36. The molecule has 1 saturated carbocycles. The van der Waals surface area contributed by atoms with Crippen LogP contribution in [-0.4, -0.2) is 51.8 Å². The monoisotopic (exact) mass is 300 g/mol. The third kappa shape index (κ3) is 3.05. The summed E-state index contributed by atoms with van der Waals surface area (Å²) in [5.41, 5.74) is 1.97. The van der Waals surface area contributed by atoms with E-state index in [9.17, 15) is 4.39 Å². The van der Waals surface area contributed by atoms with Gasteiger partial charge in [-0.05, 0) is 43.2 Å². The van der Waals surface area contributed by atoms with Gasteiger partial charge in [0.2, 0.25) is 0 Å². The van der Waals surface area contributed by atoms with Crippen molar-refractivity contribution in [3.05, 3.63) is 48.0 Å². The minimum atomic E-state index is -0.218. The van der Waals surface area contributed by atoms with E-state index in [1.54, 1.807) is 12.1 Å². The van der Waals surface area contributed by atoms with E-state index in [-0.39, 0.29) is 5.82 Å². The van der Waals surface area contributed by atoms with Crippen LogP contribution in [0, 0.1) is 5.82 Å². The van der Waals surface area contributed by atoms with Crippen molar-refractivity contribution in [2.75, 3.05) is 26.2 Å². The van der Waals surface area contributed by atoms with E-state index in [0.717, 1.165) is 37.1 Å². The Morgan fingerprint density at radius 1 is 1.00 bits per heavy atom. The maximum atomic E-state index is 13.0. The van der Waals surface area contributed by atoms with Gasteiger partial charge in [-0.3, -0.25) is 9.80 Å². The van der Waals surface area contributed by atoms with Crippen LogP contribution in [0.3, 0.4) is 0 Å². The number of rotatable bonds is 4. The molecule has 1 aromatic carbocycles. The topological polar surface area (TPSA) is 24.3 Å². The van der Waals surface area contributed by atoms with Crippen LogP contribution in [0.5, 0.6) is 0 Å². The van der Waals surface area contributed by atoms with Crippen LogP contribution in [0.4, 0.5) is 4.39 Å². The zero-order valence-electron chi connectivity index (χ0n) is 12.7. The molecule has 2 heterocycles. The maximum Gasteiger partial charge on any atom is 0.123 e. The molecule has 0 N–H and O–H groups in total. The Hall–Kier alpha value is -1.72. The van der Waals surface area contributed by atoms with Gasteiger partial charge in [0.25, 0.3) is 0 Å². The van der Waals surface area contributed by atoms with E-state index in [1.807, 2.05) is 10.9 Å². The van der Waals surface area contributed by atoms with E-state index < -0.39 is 0 Å². The van der Waals surface area contributed by atoms with Gasteiger partial charge in [0.1, 0.15) is 5.82 Å². The molecule has 4 rings (SSSR count). The lowest BCUT2D eigenvalue weighted by atomic mass is 10.3. The molecule has 0 radical (unpaired) electrons. The largest absolute Gasteiger partial charge is 0.298 e. The summed E-state index contributed by atoms with van der Waals surface area (Å²) in [4.78, 5) is 5.09. The van der Waals surface area contributed by atoms with Crippen molar-refractivity contribution in [3.63, 3.8) is 0 Å². The highest BCUT2D eigenvalue weighted by atomic mass is 19.1. The molecule has 2 fully saturated rings. The second-order valence-corrected chi connectivity index (χ2v) is 6.27. The van der Waals surface area contributed by atoms with Crippen molar-refractivity contribution in [1.82, 2.24) is 19.6 Å². The maximum absolute atomic E-state index is 13.0. The highest BCUT2D eigenvalue weighted by Gasteiger charge is 2.31. The van der Waals surface area contributed by atoms with Crippen molar-refractivity contribution in [3.8, 4) is 5.69 Å².